The molecule has 1 aromatic heterocycles. The maximum absolute atomic E-state index is 12.4. The monoisotopic (exact) mass is 592 g/mol. The average molecular weight is 594 g/mol. The predicted octanol–water partition coefficient (Wildman–Crippen LogP) is 5.32. The summed E-state index contributed by atoms with van der Waals surface area (Å²) in [6.07, 6.45) is 7.48. The van der Waals surface area contributed by atoms with Crippen molar-refractivity contribution in [1.82, 2.24) is 19.9 Å². The smallest absolute Gasteiger partial charge is 0.247 e. The van der Waals surface area contributed by atoms with Gasteiger partial charge in [-0.3, -0.25) is 4.79 Å². The van der Waals surface area contributed by atoms with Crippen molar-refractivity contribution in [1.29, 1.82) is 0 Å². The van der Waals surface area contributed by atoms with Crippen LogP contribution in [0.15, 0.2) is 59.9 Å². The highest BCUT2D eigenvalue weighted by Crippen LogP contribution is 2.39. The lowest BCUT2D eigenvalue weighted by Crippen LogP contribution is -2.44. The van der Waals surface area contributed by atoms with Gasteiger partial charge in [-0.2, -0.15) is 4.98 Å². The van der Waals surface area contributed by atoms with Gasteiger partial charge in [0, 0.05) is 35.4 Å². The number of aromatic nitrogens is 3. The van der Waals surface area contributed by atoms with Gasteiger partial charge < -0.3 is 30.5 Å². The van der Waals surface area contributed by atoms with Crippen molar-refractivity contribution in [3.63, 3.8) is 0 Å². The van der Waals surface area contributed by atoms with Crippen molar-refractivity contribution in [2.24, 2.45) is 0 Å². The van der Waals surface area contributed by atoms with Gasteiger partial charge in [-0.15, -0.1) is 0 Å². The maximum atomic E-state index is 12.4. The van der Waals surface area contributed by atoms with Gasteiger partial charge in [-0.05, 0) is 69.1 Å². The molecule has 10 nitrogen and oxygen atoms in total. The van der Waals surface area contributed by atoms with E-state index in [2.05, 4.69) is 63.2 Å². The highest BCUT2D eigenvalue weighted by Gasteiger charge is 2.28. The molecule has 5 rings (SSSR count). The van der Waals surface area contributed by atoms with Gasteiger partial charge in [-0.1, -0.05) is 28.6 Å². The molecule has 39 heavy (non-hydrogen) atoms. The molecule has 1 amide bonds. The lowest BCUT2D eigenvalue weighted by Gasteiger charge is -2.38. The Morgan fingerprint density at radius 1 is 1.05 bits per heavy atom. The summed E-state index contributed by atoms with van der Waals surface area (Å²) in [5, 5.41) is 9.38. The molecule has 2 aliphatic rings. The molecule has 3 aromatic rings. The molecule has 3 heterocycles. The molecule has 204 valence electrons. The fourth-order valence-electron chi connectivity index (χ4n) is 5.19. The molecule has 3 N–H and O–H groups in total. The van der Waals surface area contributed by atoms with Crippen LogP contribution in [0.3, 0.4) is 0 Å². The highest BCUT2D eigenvalue weighted by atomic mass is 79.9. The van der Waals surface area contributed by atoms with Crippen molar-refractivity contribution < 1.29 is 9.53 Å². The van der Waals surface area contributed by atoms with Gasteiger partial charge >= 0.3 is 0 Å². The minimum atomic E-state index is -0.278. The minimum Gasteiger partial charge on any atom is -0.494 e. The molecule has 0 unspecified atom stereocenters. The summed E-state index contributed by atoms with van der Waals surface area (Å²) in [5.74, 6) is 1.06. The quantitative estimate of drug-likeness (QED) is 0.284. The van der Waals surface area contributed by atoms with Gasteiger partial charge in [0.1, 0.15) is 12.1 Å². The van der Waals surface area contributed by atoms with E-state index in [1.165, 1.54) is 38.3 Å². The minimum absolute atomic E-state index is 0.278. The Hall–Kier alpha value is -3.70. The standard InChI is InChI=1S/C28H33BrN8O2/c1-3-26(38)33-22-16-23(34-28-31-18-30-27(35-28)32-20-8-6-7-19(29)15-20)25(39-2)17-24(22)37-13-9-21(10-14-37)36-11-4-5-12-36/h3,6-8,15-18,21H,1,4-5,9-14H2,2H3,(H,33,38)(H2,30,31,32,34,35). The summed E-state index contributed by atoms with van der Waals surface area (Å²) in [7, 11) is 1.62. The zero-order valence-electron chi connectivity index (χ0n) is 22.0. The number of nitrogens with one attached hydrogen (secondary N) is 3. The van der Waals surface area contributed by atoms with Gasteiger partial charge in [0.25, 0.3) is 0 Å². The molecular weight excluding hydrogens is 560 g/mol. The van der Waals surface area contributed by atoms with Crippen LogP contribution in [0.5, 0.6) is 5.75 Å². The fraction of sp³-hybridized carbons (Fsp3) is 0.357. The Bertz CT molecular complexity index is 1320. The topological polar surface area (TPSA) is 108 Å². The Balaban J connectivity index is 1.38. The second-order valence-corrected chi connectivity index (χ2v) is 10.5. The van der Waals surface area contributed by atoms with Crippen LogP contribution in [-0.2, 0) is 4.79 Å². The molecule has 0 radical (unpaired) electrons. The third-order valence-corrected chi connectivity index (χ3v) is 7.62. The zero-order valence-corrected chi connectivity index (χ0v) is 23.6. The third-order valence-electron chi connectivity index (χ3n) is 7.12. The summed E-state index contributed by atoms with van der Waals surface area (Å²) < 4.78 is 6.70. The first-order chi connectivity index (χ1) is 19.0. The van der Waals surface area contributed by atoms with Crippen LogP contribution in [0, 0.1) is 0 Å². The number of carbonyl (C=O) groups excluding carboxylic acids is 1. The molecule has 2 aromatic carbocycles. The first kappa shape index (κ1) is 26.9. The number of carbonyl (C=O) groups is 1. The van der Waals surface area contributed by atoms with E-state index in [9.17, 15) is 4.79 Å². The SMILES string of the molecule is C=CC(=O)Nc1cc(Nc2ncnc(Nc3cccc(Br)c3)n2)c(OC)cc1N1CCC(N2CCCC2)CC1. The Morgan fingerprint density at radius 3 is 2.49 bits per heavy atom. The molecule has 0 bridgehead atoms. The van der Waals surface area contributed by atoms with Crippen molar-refractivity contribution >= 4 is 56.5 Å². The summed E-state index contributed by atoms with van der Waals surface area (Å²) in [6.45, 7) is 7.85. The summed E-state index contributed by atoms with van der Waals surface area (Å²) in [4.78, 5) is 30.3. The fourth-order valence-corrected chi connectivity index (χ4v) is 5.59. The third kappa shape index (κ3) is 6.66. The number of halogens is 1. The van der Waals surface area contributed by atoms with Gasteiger partial charge in [-0.25, -0.2) is 9.97 Å². The number of piperidine rings is 1. The van der Waals surface area contributed by atoms with Crippen LogP contribution >= 0.6 is 15.9 Å². The predicted molar refractivity (Wildman–Crippen MR) is 158 cm³/mol. The Labute approximate surface area is 237 Å². The molecule has 0 spiro atoms. The Morgan fingerprint density at radius 2 is 1.79 bits per heavy atom. The summed E-state index contributed by atoms with van der Waals surface area (Å²) in [5.41, 5.74) is 3.04. The van der Waals surface area contributed by atoms with Crippen LogP contribution in [0.1, 0.15) is 25.7 Å². The van der Waals surface area contributed by atoms with E-state index in [1.54, 1.807) is 7.11 Å². The van der Waals surface area contributed by atoms with E-state index in [-0.39, 0.29) is 5.91 Å². The van der Waals surface area contributed by atoms with Gasteiger partial charge in [0.15, 0.2) is 0 Å². The molecule has 0 saturated carbocycles. The van der Waals surface area contributed by atoms with Crippen LogP contribution in [0.4, 0.5) is 34.6 Å². The van der Waals surface area contributed by atoms with Crippen molar-refractivity contribution in [3.05, 3.63) is 59.9 Å². The second kappa shape index (κ2) is 12.4. The number of hydrogen-bond donors (Lipinski definition) is 3. The highest BCUT2D eigenvalue weighted by molar-refractivity contribution is 9.10. The maximum Gasteiger partial charge on any atom is 0.247 e. The molecule has 2 aliphatic heterocycles. The van der Waals surface area contributed by atoms with E-state index in [0.717, 1.165) is 41.8 Å². The van der Waals surface area contributed by atoms with Crippen LogP contribution in [-0.4, -0.2) is 65.1 Å². The number of hydrogen-bond acceptors (Lipinski definition) is 9. The number of ether oxygens (including phenoxy) is 1. The Kier molecular flexibility index (Phi) is 8.58. The lowest BCUT2D eigenvalue weighted by atomic mass is 10.0. The first-order valence-electron chi connectivity index (χ1n) is 13.2. The van der Waals surface area contributed by atoms with E-state index in [0.29, 0.717) is 35.1 Å². The molecule has 0 atom stereocenters. The van der Waals surface area contributed by atoms with Crippen molar-refractivity contribution in [2.75, 3.05) is 54.1 Å². The second-order valence-electron chi connectivity index (χ2n) is 9.62. The zero-order chi connectivity index (χ0) is 27.2. The number of amides is 1. The normalized spacial score (nSPS) is 16.1. The van der Waals surface area contributed by atoms with E-state index < -0.39 is 0 Å². The van der Waals surface area contributed by atoms with Crippen molar-refractivity contribution in [3.8, 4) is 5.75 Å². The number of benzene rings is 2. The van der Waals surface area contributed by atoms with Crippen molar-refractivity contribution in [2.45, 2.75) is 31.7 Å². The van der Waals surface area contributed by atoms with Crippen LogP contribution < -0.4 is 25.6 Å². The van der Waals surface area contributed by atoms with Crippen LogP contribution in [0.25, 0.3) is 0 Å². The molecule has 2 fully saturated rings. The summed E-state index contributed by atoms with van der Waals surface area (Å²) >= 11 is 3.47. The molecule has 11 heteroatoms. The molecular formula is C28H33BrN8O2. The number of nitrogens with zero attached hydrogens (tertiary/aromatic N) is 5. The van der Waals surface area contributed by atoms with Gasteiger partial charge in [0.05, 0.1) is 24.2 Å². The lowest BCUT2D eigenvalue weighted by molar-refractivity contribution is -0.111. The van der Waals surface area contributed by atoms with E-state index in [1.807, 2.05) is 36.4 Å². The van der Waals surface area contributed by atoms with Gasteiger partial charge in [0.2, 0.25) is 17.8 Å². The number of likely N-dealkylation sites (tertiary alicyclic amines) is 1. The number of rotatable bonds is 9. The first-order valence-corrected chi connectivity index (χ1v) is 13.9. The number of anilines is 6. The molecule has 0 aliphatic carbocycles. The average Bonchev–Trinajstić information content (AvgIpc) is 3.49. The van der Waals surface area contributed by atoms with E-state index in [4.69, 9.17) is 4.74 Å². The largest absolute Gasteiger partial charge is 0.494 e. The molecule has 2 saturated heterocycles. The summed E-state index contributed by atoms with van der Waals surface area (Å²) in [6, 6.07) is 12.2. The van der Waals surface area contributed by atoms with E-state index >= 15 is 0 Å². The number of methoxy groups -OCH3 is 1. The van der Waals surface area contributed by atoms with Crippen LogP contribution in [0.2, 0.25) is 0 Å².